The second kappa shape index (κ2) is 13.6. The van der Waals surface area contributed by atoms with Gasteiger partial charge in [0.25, 0.3) is 0 Å². The Bertz CT molecular complexity index is 3510. The summed E-state index contributed by atoms with van der Waals surface area (Å²) in [5.41, 5.74) is 10.3. The van der Waals surface area contributed by atoms with Gasteiger partial charge in [-0.1, -0.05) is 170 Å². The van der Waals surface area contributed by atoms with Gasteiger partial charge in [-0.15, -0.1) is 11.3 Å². The molecule has 3 nitrogen and oxygen atoms in total. The molecule has 0 saturated heterocycles. The molecule has 3 heterocycles. The lowest BCUT2D eigenvalue weighted by Gasteiger charge is -2.12. The van der Waals surface area contributed by atoms with Crippen molar-refractivity contribution >= 4 is 74.7 Å². The zero-order chi connectivity index (χ0) is 38.9. The molecule has 3 aromatic heterocycles. The number of pyridine rings is 1. The van der Waals surface area contributed by atoms with Crippen LogP contribution in [-0.4, -0.2) is 15.0 Å². The van der Waals surface area contributed by atoms with Gasteiger partial charge in [-0.05, 0) is 63.0 Å². The smallest absolute Gasteiger partial charge is 0.160 e. The molecule has 274 valence electrons. The largest absolute Gasteiger partial charge is 0.247 e. The molecule has 0 N–H and O–H groups in total. The van der Waals surface area contributed by atoms with Crippen molar-refractivity contribution in [2.45, 2.75) is 0 Å². The van der Waals surface area contributed by atoms with Crippen molar-refractivity contribution < 1.29 is 0 Å². The maximum absolute atomic E-state index is 5.26. The molecule has 12 aromatic rings. The highest BCUT2D eigenvalue weighted by molar-refractivity contribution is 7.26. The van der Waals surface area contributed by atoms with Crippen LogP contribution in [0.5, 0.6) is 0 Å². The first-order valence-electron chi connectivity index (χ1n) is 19.9. The molecule has 9 aromatic carbocycles. The topological polar surface area (TPSA) is 38.7 Å². The minimum Gasteiger partial charge on any atom is -0.247 e. The van der Waals surface area contributed by atoms with Gasteiger partial charge in [-0.25, -0.2) is 15.0 Å². The van der Waals surface area contributed by atoms with Crippen LogP contribution < -0.4 is 0 Å². The first-order valence-corrected chi connectivity index (χ1v) is 20.7. The van der Waals surface area contributed by atoms with Gasteiger partial charge in [0, 0.05) is 58.6 Å². The van der Waals surface area contributed by atoms with Gasteiger partial charge >= 0.3 is 0 Å². The number of rotatable bonds is 5. The van der Waals surface area contributed by atoms with E-state index < -0.39 is 0 Å². The Morgan fingerprint density at radius 3 is 1.58 bits per heavy atom. The van der Waals surface area contributed by atoms with Gasteiger partial charge in [0.15, 0.2) is 5.82 Å². The van der Waals surface area contributed by atoms with Crippen molar-refractivity contribution in [3.8, 4) is 56.3 Å². The van der Waals surface area contributed by atoms with Crippen molar-refractivity contribution in [3.63, 3.8) is 0 Å². The normalized spacial score (nSPS) is 11.7. The van der Waals surface area contributed by atoms with E-state index in [-0.39, 0.29) is 0 Å². The van der Waals surface area contributed by atoms with Crippen molar-refractivity contribution in [1.29, 1.82) is 0 Å². The van der Waals surface area contributed by atoms with E-state index >= 15 is 0 Å². The fourth-order valence-corrected chi connectivity index (χ4v) is 9.90. The molecule has 0 bridgehead atoms. The average molecular weight is 768 g/mol. The first-order chi connectivity index (χ1) is 29.2. The van der Waals surface area contributed by atoms with Crippen LogP contribution in [0.15, 0.2) is 200 Å². The minimum absolute atomic E-state index is 0.707. The van der Waals surface area contributed by atoms with Gasteiger partial charge in [0.2, 0.25) is 0 Å². The molecule has 0 fully saturated rings. The van der Waals surface area contributed by atoms with E-state index in [2.05, 4.69) is 200 Å². The quantitative estimate of drug-likeness (QED) is 0.164. The Labute approximate surface area is 344 Å². The molecule has 0 spiro atoms. The zero-order valence-corrected chi connectivity index (χ0v) is 32.6. The number of hydrogen-bond donors (Lipinski definition) is 0. The summed E-state index contributed by atoms with van der Waals surface area (Å²) >= 11 is 1.87. The third-order valence-corrected chi connectivity index (χ3v) is 12.9. The summed E-state index contributed by atoms with van der Waals surface area (Å²) in [4.78, 5) is 15.6. The molecule has 12 rings (SSSR count). The third-order valence-electron chi connectivity index (χ3n) is 11.7. The van der Waals surface area contributed by atoms with Crippen LogP contribution >= 0.6 is 11.3 Å². The van der Waals surface area contributed by atoms with Crippen LogP contribution in [0.3, 0.4) is 0 Å². The Kier molecular flexibility index (Phi) is 7.72. The van der Waals surface area contributed by atoms with Gasteiger partial charge in [0.1, 0.15) is 0 Å². The van der Waals surface area contributed by atoms with Gasteiger partial charge in [-0.3, -0.25) is 0 Å². The number of hydrogen-bond acceptors (Lipinski definition) is 4. The zero-order valence-electron chi connectivity index (χ0n) is 31.8. The summed E-state index contributed by atoms with van der Waals surface area (Å²) < 4.78 is 2.63. The summed E-state index contributed by atoms with van der Waals surface area (Å²) in [6.45, 7) is 0. The lowest BCUT2D eigenvalue weighted by Crippen LogP contribution is -1.96. The second-order valence-corrected chi connectivity index (χ2v) is 16.2. The van der Waals surface area contributed by atoms with E-state index in [0.717, 1.165) is 56.0 Å². The Balaban J connectivity index is 0.922. The third kappa shape index (κ3) is 5.76. The lowest BCUT2D eigenvalue weighted by atomic mass is 9.96. The van der Waals surface area contributed by atoms with Crippen molar-refractivity contribution in [3.05, 3.63) is 200 Å². The summed E-state index contributed by atoms with van der Waals surface area (Å²) in [5, 5.41) is 11.0. The van der Waals surface area contributed by atoms with Crippen molar-refractivity contribution in [1.82, 2.24) is 15.0 Å². The van der Waals surface area contributed by atoms with Crippen molar-refractivity contribution in [2.75, 3.05) is 0 Å². The second-order valence-electron chi connectivity index (χ2n) is 15.2. The van der Waals surface area contributed by atoms with E-state index in [1.807, 2.05) is 11.3 Å². The van der Waals surface area contributed by atoms with Crippen LogP contribution in [0.1, 0.15) is 0 Å². The predicted molar refractivity (Wildman–Crippen MR) is 250 cm³/mol. The summed E-state index contributed by atoms with van der Waals surface area (Å²) in [6, 6.07) is 71.4. The molecule has 4 heteroatoms. The molecular formula is C55H33N3S. The molecule has 0 radical (unpaired) electrons. The predicted octanol–water partition coefficient (Wildman–Crippen LogP) is 15.2. The van der Waals surface area contributed by atoms with E-state index in [1.54, 1.807) is 0 Å². The standard InChI is InChI=1S/C55H33N3S/c1-3-11-40-31-42(27-21-34(40)9-1)50-33-49(57-55(58-50)43-28-22-35-10-2-4-12-41(35)32-43)38-23-17-36(18-24-38)37-19-25-39(26-20-37)53-47-30-29-45-44-13-6-8-16-51(44)59-54(45)52(47)46-14-5-7-15-48(46)56-53/h1-33H. The number of fused-ring (bicyclic) bond motifs is 9. The van der Waals surface area contributed by atoms with Crippen LogP contribution in [0, 0.1) is 0 Å². The highest BCUT2D eigenvalue weighted by Gasteiger charge is 2.17. The summed E-state index contributed by atoms with van der Waals surface area (Å²) in [6.07, 6.45) is 0. The number of aromatic nitrogens is 3. The molecule has 0 saturated carbocycles. The molecular weight excluding hydrogens is 735 g/mol. The van der Waals surface area contributed by atoms with Crippen LogP contribution in [0.25, 0.3) is 120 Å². The monoisotopic (exact) mass is 767 g/mol. The van der Waals surface area contributed by atoms with E-state index in [1.165, 1.54) is 57.9 Å². The fraction of sp³-hybridized carbons (Fsp3) is 0. The molecule has 0 amide bonds. The summed E-state index contributed by atoms with van der Waals surface area (Å²) in [5.74, 6) is 0.707. The molecule has 0 aliphatic carbocycles. The van der Waals surface area contributed by atoms with E-state index in [4.69, 9.17) is 15.0 Å². The first kappa shape index (κ1) is 33.6. The molecule has 59 heavy (non-hydrogen) atoms. The minimum atomic E-state index is 0.707. The molecule has 0 aliphatic heterocycles. The van der Waals surface area contributed by atoms with Crippen LogP contribution in [-0.2, 0) is 0 Å². The van der Waals surface area contributed by atoms with Crippen LogP contribution in [0.4, 0.5) is 0 Å². The van der Waals surface area contributed by atoms with Crippen LogP contribution in [0.2, 0.25) is 0 Å². The van der Waals surface area contributed by atoms with Gasteiger partial charge in [-0.2, -0.15) is 0 Å². The Morgan fingerprint density at radius 1 is 0.322 bits per heavy atom. The Hall–Kier alpha value is -7.53. The highest BCUT2D eigenvalue weighted by Crippen LogP contribution is 2.43. The van der Waals surface area contributed by atoms with Crippen molar-refractivity contribution in [2.24, 2.45) is 0 Å². The van der Waals surface area contributed by atoms with E-state index in [0.29, 0.717) is 5.82 Å². The Morgan fingerprint density at radius 2 is 0.847 bits per heavy atom. The fourth-order valence-electron chi connectivity index (χ4n) is 8.64. The summed E-state index contributed by atoms with van der Waals surface area (Å²) in [7, 11) is 0. The SMILES string of the molecule is c1ccc2cc(-c3cc(-c4ccc(-c5ccc(-c6nc7ccccc7c7c6ccc6c8ccccc8sc67)cc5)cc4)nc(-c4ccc5ccccc5c4)n3)ccc2c1. The number of nitrogens with zero attached hydrogens (tertiary/aromatic N) is 3. The molecule has 0 aliphatic rings. The van der Waals surface area contributed by atoms with E-state index in [9.17, 15) is 0 Å². The number of benzene rings is 9. The molecule has 0 atom stereocenters. The average Bonchev–Trinajstić information content (AvgIpc) is 3.70. The molecule has 0 unspecified atom stereocenters. The number of para-hydroxylation sites is 1. The van der Waals surface area contributed by atoms with Gasteiger partial charge < -0.3 is 0 Å². The number of thiophene rings is 1. The highest BCUT2D eigenvalue weighted by atomic mass is 32.1. The van der Waals surface area contributed by atoms with Gasteiger partial charge in [0.05, 0.1) is 22.6 Å². The maximum atomic E-state index is 5.26. The lowest BCUT2D eigenvalue weighted by molar-refractivity contribution is 1.18. The maximum Gasteiger partial charge on any atom is 0.160 e.